The molecule has 0 unspecified atom stereocenters. The third kappa shape index (κ3) is 6.84. The van der Waals surface area contributed by atoms with Crippen LogP contribution < -0.4 is 4.90 Å². The summed E-state index contributed by atoms with van der Waals surface area (Å²) in [6.07, 6.45) is 0. The number of anilines is 3. The lowest BCUT2D eigenvalue weighted by Crippen LogP contribution is -2.11. The summed E-state index contributed by atoms with van der Waals surface area (Å²) in [5, 5.41) is 2.49. The zero-order chi connectivity index (χ0) is 41.2. The van der Waals surface area contributed by atoms with Crippen LogP contribution in [0.15, 0.2) is 255 Å². The summed E-state index contributed by atoms with van der Waals surface area (Å²) in [4.78, 5) is 2.38. The summed E-state index contributed by atoms with van der Waals surface area (Å²) in [6.45, 7) is 0. The van der Waals surface area contributed by atoms with Crippen LogP contribution in [0.5, 0.6) is 0 Å². The first kappa shape index (κ1) is 36.8. The van der Waals surface area contributed by atoms with Gasteiger partial charge in [0, 0.05) is 33.4 Å². The van der Waals surface area contributed by atoms with Crippen molar-refractivity contribution in [2.75, 3.05) is 4.90 Å². The molecule has 1 heterocycles. The maximum atomic E-state index is 2.41. The van der Waals surface area contributed by atoms with Gasteiger partial charge in [0.1, 0.15) is 0 Å². The number of hydrogen-bond acceptors (Lipinski definition) is 1. The standard InChI is InChI=1S/C60H42N2/c1-4-16-43(17-5-1)45-30-32-46(33-31-45)48-34-38-52(39-35-48)61(51-22-8-3-9-23-51)57-27-12-10-24-54(57)49-20-14-21-50(42-49)55-26-15-29-59-60(55)56-25-11-13-28-58(56)62(59)53-40-36-47(37-41-53)44-18-6-2-7-19-44/h1-42H. The third-order valence-electron chi connectivity index (χ3n) is 12.0. The van der Waals surface area contributed by atoms with Crippen LogP contribution in [0.2, 0.25) is 0 Å². The van der Waals surface area contributed by atoms with E-state index in [0.717, 1.165) is 33.9 Å². The highest BCUT2D eigenvalue weighted by molar-refractivity contribution is 6.16. The van der Waals surface area contributed by atoms with Crippen LogP contribution in [0, 0.1) is 0 Å². The normalized spacial score (nSPS) is 11.2. The van der Waals surface area contributed by atoms with Crippen LogP contribution in [0.3, 0.4) is 0 Å². The van der Waals surface area contributed by atoms with E-state index in [4.69, 9.17) is 0 Å². The average molecular weight is 791 g/mol. The topological polar surface area (TPSA) is 8.17 Å². The van der Waals surface area contributed by atoms with Crippen molar-refractivity contribution in [3.05, 3.63) is 255 Å². The van der Waals surface area contributed by atoms with E-state index in [2.05, 4.69) is 264 Å². The first-order chi connectivity index (χ1) is 30.8. The minimum atomic E-state index is 1.10. The molecule has 62 heavy (non-hydrogen) atoms. The number of aromatic nitrogens is 1. The van der Waals surface area contributed by atoms with Gasteiger partial charge in [0.2, 0.25) is 0 Å². The second-order valence-corrected chi connectivity index (χ2v) is 15.7. The Kier molecular flexibility index (Phi) is 9.57. The van der Waals surface area contributed by atoms with Gasteiger partial charge < -0.3 is 9.47 Å². The molecule has 0 N–H and O–H groups in total. The Morgan fingerprint density at radius 3 is 1.34 bits per heavy atom. The van der Waals surface area contributed by atoms with Gasteiger partial charge in [-0.1, -0.05) is 194 Å². The molecule has 0 fully saturated rings. The van der Waals surface area contributed by atoms with Crippen molar-refractivity contribution in [3.8, 4) is 61.3 Å². The van der Waals surface area contributed by atoms with Gasteiger partial charge in [-0.3, -0.25) is 0 Å². The van der Waals surface area contributed by atoms with Crippen molar-refractivity contribution in [1.82, 2.24) is 4.57 Å². The van der Waals surface area contributed by atoms with Crippen LogP contribution in [0.25, 0.3) is 83.1 Å². The predicted molar refractivity (Wildman–Crippen MR) is 263 cm³/mol. The van der Waals surface area contributed by atoms with Gasteiger partial charge >= 0.3 is 0 Å². The number of rotatable bonds is 9. The van der Waals surface area contributed by atoms with E-state index < -0.39 is 0 Å². The molecular weight excluding hydrogens is 749 g/mol. The van der Waals surface area contributed by atoms with Crippen molar-refractivity contribution in [2.24, 2.45) is 0 Å². The molecule has 0 aliphatic carbocycles. The number of benzene rings is 10. The Bertz CT molecular complexity index is 3290. The third-order valence-corrected chi connectivity index (χ3v) is 12.0. The highest BCUT2D eigenvalue weighted by Gasteiger charge is 2.20. The molecule has 10 aromatic carbocycles. The zero-order valence-corrected chi connectivity index (χ0v) is 34.1. The fourth-order valence-corrected chi connectivity index (χ4v) is 9.03. The fourth-order valence-electron chi connectivity index (χ4n) is 9.03. The Morgan fingerprint density at radius 1 is 0.274 bits per heavy atom. The summed E-state index contributed by atoms with van der Waals surface area (Å²) >= 11 is 0. The molecule has 0 spiro atoms. The Morgan fingerprint density at radius 2 is 0.694 bits per heavy atom. The molecule has 0 aliphatic rings. The van der Waals surface area contributed by atoms with Gasteiger partial charge in [-0.05, 0) is 111 Å². The molecule has 0 saturated heterocycles. The number of hydrogen-bond donors (Lipinski definition) is 0. The van der Waals surface area contributed by atoms with Gasteiger partial charge in [0.15, 0.2) is 0 Å². The summed E-state index contributed by atoms with van der Waals surface area (Å²) in [5.74, 6) is 0. The van der Waals surface area contributed by atoms with Crippen LogP contribution >= 0.6 is 0 Å². The molecule has 2 nitrogen and oxygen atoms in total. The fraction of sp³-hybridized carbons (Fsp3) is 0. The Balaban J connectivity index is 0.978. The lowest BCUT2D eigenvalue weighted by atomic mass is 9.94. The van der Waals surface area contributed by atoms with Crippen molar-refractivity contribution >= 4 is 38.9 Å². The largest absolute Gasteiger partial charge is 0.310 e. The zero-order valence-electron chi connectivity index (χ0n) is 34.1. The molecule has 0 bridgehead atoms. The second-order valence-electron chi connectivity index (χ2n) is 15.7. The first-order valence-electron chi connectivity index (χ1n) is 21.3. The minimum absolute atomic E-state index is 1.10. The highest BCUT2D eigenvalue weighted by atomic mass is 15.1. The van der Waals surface area contributed by atoms with Crippen LogP contribution in [0.1, 0.15) is 0 Å². The molecule has 0 atom stereocenters. The maximum Gasteiger partial charge on any atom is 0.0547 e. The minimum Gasteiger partial charge on any atom is -0.310 e. The Labute approximate surface area is 362 Å². The molecule has 11 aromatic rings. The molecule has 0 amide bonds. The van der Waals surface area contributed by atoms with Crippen LogP contribution in [0.4, 0.5) is 17.1 Å². The maximum absolute atomic E-state index is 2.41. The molecule has 2 heteroatoms. The predicted octanol–water partition coefficient (Wildman–Crippen LogP) is 16.6. The van der Waals surface area contributed by atoms with Gasteiger partial charge in [-0.2, -0.15) is 0 Å². The van der Waals surface area contributed by atoms with Gasteiger partial charge in [-0.15, -0.1) is 0 Å². The summed E-state index contributed by atoms with van der Waals surface area (Å²) < 4.78 is 2.41. The average Bonchev–Trinajstić information content (AvgIpc) is 3.70. The summed E-state index contributed by atoms with van der Waals surface area (Å²) in [5.41, 5.74) is 18.8. The number of nitrogens with zero attached hydrogens (tertiary/aromatic N) is 2. The number of para-hydroxylation sites is 3. The first-order valence-corrected chi connectivity index (χ1v) is 21.3. The molecule has 0 radical (unpaired) electrons. The van der Waals surface area contributed by atoms with E-state index in [1.54, 1.807) is 0 Å². The molecule has 11 rings (SSSR count). The van der Waals surface area contributed by atoms with Crippen molar-refractivity contribution in [2.45, 2.75) is 0 Å². The van der Waals surface area contributed by atoms with E-state index in [1.807, 2.05) is 0 Å². The Hall–Kier alpha value is -8.20. The molecule has 292 valence electrons. The van der Waals surface area contributed by atoms with E-state index >= 15 is 0 Å². The van der Waals surface area contributed by atoms with Gasteiger partial charge in [0.25, 0.3) is 0 Å². The van der Waals surface area contributed by atoms with Crippen molar-refractivity contribution in [3.63, 3.8) is 0 Å². The van der Waals surface area contributed by atoms with Crippen molar-refractivity contribution in [1.29, 1.82) is 0 Å². The highest BCUT2D eigenvalue weighted by Crippen LogP contribution is 2.44. The molecule has 1 aromatic heterocycles. The van der Waals surface area contributed by atoms with E-state index in [-0.39, 0.29) is 0 Å². The molecule has 0 saturated carbocycles. The van der Waals surface area contributed by atoms with Crippen molar-refractivity contribution < 1.29 is 0 Å². The smallest absolute Gasteiger partial charge is 0.0547 e. The van der Waals surface area contributed by atoms with E-state index in [1.165, 1.54) is 66.3 Å². The van der Waals surface area contributed by atoms with E-state index in [9.17, 15) is 0 Å². The number of fused-ring (bicyclic) bond motifs is 3. The lowest BCUT2D eigenvalue weighted by Gasteiger charge is -2.28. The van der Waals surface area contributed by atoms with Crippen LogP contribution in [-0.2, 0) is 0 Å². The monoisotopic (exact) mass is 790 g/mol. The summed E-state index contributed by atoms with van der Waals surface area (Å²) in [7, 11) is 0. The van der Waals surface area contributed by atoms with Gasteiger partial charge in [0.05, 0.1) is 16.7 Å². The molecule has 0 aliphatic heterocycles. The van der Waals surface area contributed by atoms with Gasteiger partial charge in [-0.25, -0.2) is 0 Å². The molecular formula is C60H42N2. The SMILES string of the molecule is c1ccc(-c2ccc(-c3ccc(N(c4ccccc4)c4ccccc4-c4cccc(-c5cccc6c5c5ccccc5n6-c5ccc(-c6ccccc6)cc5)c4)cc3)cc2)cc1. The second kappa shape index (κ2) is 16.1. The van der Waals surface area contributed by atoms with Crippen LogP contribution in [-0.4, -0.2) is 4.57 Å². The quantitative estimate of drug-likeness (QED) is 0.141. The summed E-state index contributed by atoms with van der Waals surface area (Å²) in [6, 6.07) is 91.9. The van der Waals surface area contributed by atoms with E-state index in [0.29, 0.717) is 0 Å². The lowest BCUT2D eigenvalue weighted by molar-refractivity contribution is 1.18.